The summed E-state index contributed by atoms with van der Waals surface area (Å²) in [6, 6.07) is 21.2. The molecule has 1 unspecified atom stereocenters. The minimum atomic E-state index is -0.487. The molecule has 0 fully saturated rings. The minimum absolute atomic E-state index is 0.0548. The molecule has 1 atom stereocenters. The topological polar surface area (TPSA) is 93.6 Å². The summed E-state index contributed by atoms with van der Waals surface area (Å²) < 4.78 is 15.1. The number of carbonyl (C=O) groups is 1. The molecule has 0 spiro atoms. The minimum Gasteiger partial charge on any atom is -0.273 e. The number of rotatable bonds is 5. The van der Waals surface area contributed by atoms with Gasteiger partial charge in [0.1, 0.15) is 5.82 Å². The zero-order valence-corrected chi connectivity index (χ0v) is 18.7. The Balaban J connectivity index is 1.63. The summed E-state index contributed by atoms with van der Waals surface area (Å²) in [6.07, 6.45) is 2.21. The lowest BCUT2D eigenvalue weighted by Crippen LogP contribution is -2.24. The van der Waals surface area contributed by atoms with Gasteiger partial charge in [-0.25, -0.2) is 14.1 Å². The van der Waals surface area contributed by atoms with E-state index in [9.17, 15) is 19.3 Å². The number of hydrogen-bond donors (Lipinski definition) is 0. The van der Waals surface area contributed by atoms with Crippen LogP contribution in [0.5, 0.6) is 0 Å². The molecule has 3 aromatic carbocycles. The summed E-state index contributed by atoms with van der Waals surface area (Å²) >= 11 is 0. The first-order valence-corrected chi connectivity index (χ1v) is 10.9. The Morgan fingerprint density at radius 1 is 1.03 bits per heavy atom. The van der Waals surface area contributed by atoms with Crippen molar-refractivity contribution >= 4 is 17.3 Å². The van der Waals surface area contributed by atoms with E-state index in [1.807, 2.05) is 36.5 Å². The number of nitro benzene ring substituents is 1. The Bertz CT molecular complexity index is 1450. The predicted molar refractivity (Wildman–Crippen MR) is 128 cm³/mol. The number of benzene rings is 3. The first-order chi connectivity index (χ1) is 16.9. The van der Waals surface area contributed by atoms with Crippen molar-refractivity contribution in [3.63, 3.8) is 0 Å². The van der Waals surface area contributed by atoms with Gasteiger partial charge < -0.3 is 0 Å². The van der Waals surface area contributed by atoms with Crippen molar-refractivity contribution in [2.45, 2.75) is 19.4 Å². The molecule has 4 aromatic rings. The molecular formula is C26H20FN5O3. The summed E-state index contributed by atoms with van der Waals surface area (Å²) in [7, 11) is 0. The molecule has 1 amide bonds. The molecule has 1 aliphatic heterocycles. The van der Waals surface area contributed by atoms with Crippen LogP contribution in [0.2, 0.25) is 0 Å². The maximum atomic E-state index is 13.5. The van der Waals surface area contributed by atoms with Gasteiger partial charge in [-0.2, -0.15) is 10.2 Å². The SMILES string of the molecule is CC(=O)N1N=C(c2ccc(F)cc2)CC1c1cn(-c2ccccc2)nc1-c1cccc([N+](=O)[O-])c1. The lowest BCUT2D eigenvalue weighted by Gasteiger charge is -2.20. The lowest BCUT2D eigenvalue weighted by molar-refractivity contribution is -0.384. The van der Waals surface area contributed by atoms with Gasteiger partial charge >= 0.3 is 0 Å². The third kappa shape index (κ3) is 4.31. The van der Waals surface area contributed by atoms with E-state index in [0.29, 0.717) is 34.5 Å². The van der Waals surface area contributed by atoms with Crippen LogP contribution in [0.25, 0.3) is 16.9 Å². The van der Waals surface area contributed by atoms with Crippen molar-refractivity contribution in [3.05, 3.63) is 112 Å². The Hall–Kier alpha value is -4.66. The third-order valence-electron chi connectivity index (χ3n) is 5.86. The number of non-ortho nitro benzene ring substituents is 1. The monoisotopic (exact) mass is 469 g/mol. The van der Waals surface area contributed by atoms with Gasteiger partial charge in [0.05, 0.1) is 28.1 Å². The molecule has 0 radical (unpaired) electrons. The highest BCUT2D eigenvalue weighted by Gasteiger charge is 2.35. The first kappa shape index (κ1) is 22.1. The van der Waals surface area contributed by atoms with Gasteiger partial charge in [-0.3, -0.25) is 14.9 Å². The molecule has 35 heavy (non-hydrogen) atoms. The highest BCUT2D eigenvalue weighted by molar-refractivity contribution is 6.03. The number of halogens is 1. The van der Waals surface area contributed by atoms with E-state index in [4.69, 9.17) is 5.10 Å². The van der Waals surface area contributed by atoms with E-state index in [-0.39, 0.29) is 17.4 Å². The van der Waals surface area contributed by atoms with Crippen molar-refractivity contribution < 1.29 is 14.1 Å². The number of hydrazone groups is 1. The largest absolute Gasteiger partial charge is 0.273 e. The van der Waals surface area contributed by atoms with Crippen molar-refractivity contribution in [2.75, 3.05) is 0 Å². The number of para-hydroxylation sites is 1. The van der Waals surface area contributed by atoms with Crippen molar-refractivity contribution in [2.24, 2.45) is 5.10 Å². The lowest BCUT2D eigenvalue weighted by atomic mass is 9.96. The van der Waals surface area contributed by atoms with Crippen LogP contribution in [0.1, 0.15) is 30.5 Å². The molecule has 5 rings (SSSR count). The first-order valence-electron chi connectivity index (χ1n) is 10.9. The molecule has 0 saturated carbocycles. The fourth-order valence-corrected chi connectivity index (χ4v) is 4.19. The Labute approximate surface area is 200 Å². The molecule has 1 aliphatic rings. The van der Waals surface area contributed by atoms with Crippen LogP contribution in [-0.2, 0) is 4.79 Å². The van der Waals surface area contributed by atoms with Crippen LogP contribution in [-0.4, -0.2) is 31.3 Å². The van der Waals surface area contributed by atoms with E-state index in [1.165, 1.54) is 36.2 Å². The number of amides is 1. The van der Waals surface area contributed by atoms with Gasteiger partial charge in [-0.05, 0) is 29.8 Å². The average molecular weight is 469 g/mol. The third-order valence-corrected chi connectivity index (χ3v) is 5.86. The maximum Gasteiger partial charge on any atom is 0.270 e. The maximum absolute atomic E-state index is 13.5. The molecule has 174 valence electrons. The average Bonchev–Trinajstić information content (AvgIpc) is 3.50. The summed E-state index contributed by atoms with van der Waals surface area (Å²) in [5.41, 5.74) is 3.88. The van der Waals surface area contributed by atoms with Crippen molar-refractivity contribution in [1.82, 2.24) is 14.8 Å². The van der Waals surface area contributed by atoms with Crippen LogP contribution in [0.15, 0.2) is 90.2 Å². The highest BCUT2D eigenvalue weighted by Crippen LogP contribution is 2.39. The second kappa shape index (κ2) is 8.94. The molecule has 9 heteroatoms. The number of nitro groups is 1. The van der Waals surface area contributed by atoms with Crippen LogP contribution in [0.3, 0.4) is 0 Å². The smallest absolute Gasteiger partial charge is 0.270 e. The number of carbonyl (C=O) groups excluding carboxylic acids is 1. The van der Waals surface area contributed by atoms with Crippen LogP contribution in [0.4, 0.5) is 10.1 Å². The van der Waals surface area contributed by atoms with E-state index < -0.39 is 11.0 Å². The molecule has 0 N–H and O–H groups in total. The van der Waals surface area contributed by atoms with E-state index in [1.54, 1.807) is 28.9 Å². The van der Waals surface area contributed by atoms with Crippen LogP contribution < -0.4 is 0 Å². The molecule has 2 heterocycles. The Morgan fingerprint density at radius 3 is 2.46 bits per heavy atom. The second-order valence-electron chi connectivity index (χ2n) is 8.16. The Morgan fingerprint density at radius 2 is 1.77 bits per heavy atom. The van der Waals surface area contributed by atoms with Gasteiger partial charge in [-0.15, -0.1) is 0 Å². The van der Waals surface area contributed by atoms with Gasteiger partial charge in [-0.1, -0.05) is 42.5 Å². The number of nitrogens with zero attached hydrogens (tertiary/aromatic N) is 5. The summed E-state index contributed by atoms with van der Waals surface area (Å²) in [5.74, 6) is -0.617. The molecule has 8 nitrogen and oxygen atoms in total. The van der Waals surface area contributed by atoms with E-state index in [2.05, 4.69) is 5.10 Å². The molecule has 0 saturated heterocycles. The zero-order valence-electron chi connectivity index (χ0n) is 18.7. The molecule has 1 aromatic heterocycles. The molecule has 0 aliphatic carbocycles. The van der Waals surface area contributed by atoms with E-state index >= 15 is 0 Å². The number of aromatic nitrogens is 2. The summed E-state index contributed by atoms with van der Waals surface area (Å²) in [6.45, 7) is 1.43. The van der Waals surface area contributed by atoms with Crippen LogP contribution >= 0.6 is 0 Å². The van der Waals surface area contributed by atoms with Gasteiger partial charge in [0.2, 0.25) is 5.91 Å². The van der Waals surface area contributed by atoms with Crippen molar-refractivity contribution in [1.29, 1.82) is 0 Å². The van der Waals surface area contributed by atoms with Gasteiger partial charge in [0, 0.05) is 42.8 Å². The molecule has 0 bridgehead atoms. The fraction of sp³-hybridized carbons (Fsp3) is 0.115. The van der Waals surface area contributed by atoms with Crippen LogP contribution in [0, 0.1) is 15.9 Å². The molecular weight excluding hydrogens is 449 g/mol. The standard InChI is InChI=1S/C26H20FN5O3/c1-17(33)31-25(15-24(28-31)18-10-12-20(27)13-11-18)23-16-30(21-7-3-2-4-8-21)29-26(23)19-6-5-9-22(14-19)32(34)35/h2-14,16,25H,15H2,1H3. The van der Waals surface area contributed by atoms with E-state index in [0.717, 1.165) is 5.69 Å². The summed E-state index contributed by atoms with van der Waals surface area (Å²) in [4.78, 5) is 23.5. The zero-order chi connectivity index (χ0) is 24.5. The fourth-order valence-electron chi connectivity index (χ4n) is 4.19. The predicted octanol–water partition coefficient (Wildman–Crippen LogP) is 5.28. The summed E-state index contributed by atoms with van der Waals surface area (Å²) in [5, 5.41) is 22.1. The van der Waals surface area contributed by atoms with Crippen molar-refractivity contribution in [3.8, 4) is 16.9 Å². The number of hydrogen-bond acceptors (Lipinski definition) is 5. The second-order valence-corrected chi connectivity index (χ2v) is 8.16. The Kier molecular flexibility index (Phi) is 5.66. The highest BCUT2D eigenvalue weighted by atomic mass is 19.1. The van der Waals surface area contributed by atoms with Gasteiger partial charge in [0.15, 0.2) is 0 Å². The normalized spacial score (nSPS) is 15.2. The quantitative estimate of drug-likeness (QED) is 0.293. The van der Waals surface area contributed by atoms with Gasteiger partial charge in [0.25, 0.3) is 5.69 Å².